The van der Waals surface area contributed by atoms with Crippen LogP contribution in [0.2, 0.25) is 0 Å². The first-order chi connectivity index (χ1) is 7.78. The van der Waals surface area contributed by atoms with Crippen molar-refractivity contribution in [3.63, 3.8) is 0 Å². The summed E-state index contributed by atoms with van der Waals surface area (Å²) in [6.45, 7) is 2.49. The third-order valence-corrected chi connectivity index (χ3v) is 3.38. The molecule has 0 saturated heterocycles. The summed E-state index contributed by atoms with van der Waals surface area (Å²) < 4.78 is 5.57. The van der Waals surface area contributed by atoms with Crippen molar-refractivity contribution < 1.29 is 4.74 Å². The van der Waals surface area contributed by atoms with E-state index < -0.39 is 0 Å². The average molecular weight is 299 g/mol. The van der Waals surface area contributed by atoms with Gasteiger partial charge in [0.05, 0.1) is 22.6 Å². The molecule has 0 atom stereocenters. The highest BCUT2D eigenvalue weighted by Gasteiger charge is 2.00. The minimum atomic E-state index is 0.500. The molecule has 2 rings (SSSR count). The molecule has 2 aromatic rings. The fraction of sp³-hybridized carbons (Fsp3) is 0.273. The number of pyridine rings is 1. The van der Waals surface area contributed by atoms with Gasteiger partial charge in [-0.05, 0) is 19.1 Å². The van der Waals surface area contributed by atoms with E-state index >= 15 is 0 Å². The number of hydrogen-bond donors (Lipinski definition) is 0. The van der Waals surface area contributed by atoms with Crippen LogP contribution in [0.15, 0.2) is 23.7 Å². The zero-order chi connectivity index (χ0) is 11.4. The van der Waals surface area contributed by atoms with Crippen LogP contribution in [0.5, 0.6) is 5.75 Å². The standard InChI is InChI=1S/C11H11BrN2OS/c1-8-14-10(7-16-8)6-15-11-3-2-9(4-12)13-5-11/h2-3,5,7H,4,6H2,1H3. The first kappa shape index (κ1) is 11.5. The predicted molar refractivity (Wildman–Crippen MR) is 68.1 cm³/mol. The Hall–Kier alpha value is -0.940. The van der Waals surface area contributed by atoms with Crippen LogP contribution in [0.25, 0.3) is 0 Å². The van der Waals surface area contributed by atoms with E-state index in [9.17, 15) is 0 Å². The SMILES string of the molecule is Cc1nc(COc2ccc(CBr)nc2)cs1. The lowest BCUT2D eigenvalue weighted by molar-refractivity contribution is 0.300. The molecule has 0 N–H and O–H groups in total. The van der Waals surface area contributed by atoms with Gasteiger partial charge in [0.15, 0.2) is 0 Å². The molecule has 0 amide bonds. The summed E-state index contributed by atoms with van der Waals surface area (Å²) >= 11 is 4.98. The maximum Gasteiger partial charge on any atom is 0.138 e. The lowest BCUT2D eigenvalue weighted by Gasteiger charge is -2.03. The number of hydrogen-bond acceptors (Lipinski definition) is 4. The van der Waals surface area contributed by atoms with E-state index in [2.05, 4.69) is 25.9 Å². The van der Waals surface area contributed by atoms with Gasteiger partial charge in [-0.1, -0.05) is 15.9 Å². The number of rotatable bonds is 4. The van der Waals surface area contributed by atoms with Gasteiger partial charge >= 0.3 is 0 Å². The summed E-state index contributed by atoms with van der Waals surface area (Å²) in [5.41, 5.74) is 1.96. The van der Waals surface area contributed by atoms with Crippen molar-refractivity contribution in [2.24, 2.45) is 0 Å². The third-order valence-electron chi connectivity index (χ3n) is 1.99. The van der Waals surface area contributed by atoms with Gasteiger partial charge in [-0.25, -0.2) is 4.98 Å². The van der Waals surface area contributed by atoms with E-state index in [0.717, 1.165) is 27.5 Å². The van der Waals surface area contributed by atoms with E-state index in [1.165, 1.54) is 0 Å². The Morgan fingerprint density at radius 2 is 2.25 bits per heavy atom. The van der Waals surface area contributed by atoms with Crippen molar-refractivity contribution in [3.8, 4) is 5.75 Å². The van der Waals surface area contributed by atoms with Gasteiger partial charge in [0, 0.05) is 10.7 Å². The minimum absolute atomic E-state index is 0.500. The highest BCUT2D eigenvalue weighted by Crippen LogP contribution is 2.14. The number of ether oxygens (including phenoxy) is 1. The fourth-order valence-electron chi connectivity index (χ4n) is 1.21. The van der Waals surface area contributed by atoms with Crippen molar-refractivity contribution >= 4 is 27.3 Å². The predicted octanol–water partition coefficient (Wildman–Crippen LogP) is 3.32. The summed E-state index contributed by atoms with van der Waals surface area (Å²) in [6.07, 6.45) is 1.73. The van der Waals surface area contributed by atoms with E-state index in [1.54, 1.807) is 17.5 Å². The normalized spacial score (nSPS) is 10.4. The van der Waals surface area contributed by atoms with E-state index in [-0.39, 0.29) is 0 Å². The number of aromatic nitrogens is 2. The zero-order valence-electron chi connectivity index (χ0n) is 8.81. The Morgan fingerprint density at radius 3 is 2.81 bits per heavy atom. The number of nitrogens with zero attached hydrogens (tertiary/aromatic N) is 2. The molecular formula is C11H11BrN2OS. The van der Waals surface area contributed by atoms with E-state index in [0.29, 0.717) is 6.61 Å². The maximum absolute atomic E-state index is 5.57. The Labute approximate surface area is 107 Å². The monoisotopic (exact) mass is 298 g/mol. The van der Waals surface area contributed by atoms with Crippen molar-refractivity contribution in [2.45, 2.75) is 18.9 Å². The second kappa shape index (κ2) is 5.41. The van der Waals surface area contributed by atoms with Gasteiger partial charge in [-0.3, -0.25) is 4.98 Å². The summed E-state index contributed by atoms with van der Waals surface area (Å²) in [4.78, 5) is 8.55. The molecule has 0 aromatic carbocycles. The fourth-order valence-corrected chi connectivity index (χ4v) is 2.14. The highest BCUT2D eigenvalue weighted by atomic mass is 79.9. The molecular weight excluding hydrogens is 288 g/mol. The maximum atomic E-state index is 5.57. The number of thiazole rings is 1. The highest BCUT2D eigenvalue weighted by molar-refractivity contribution is 9.08. The summed E-state index contributed by atoms with van der Waals surface area (Å²) in [6, 6.07) is 3.86. The van der Waals surface area contributed by atoms with E-state index in [1.807, 2.05) is 24.4 Å². The van der Waals surface area contributed by atoms with E-state index in [4.69, 9.17) is 4.74 Å². The Balaban J connectivity index is 1.94. The molecule has 3 nitrogen and oxygen atoms in total. The molecule has 0 fully saturated rings. The first-order valence-corrected chi connectivity index (χ1v) is 6.83. The first-order valence-electron chi connectivity index (χ1n) is 4.82. The molecule has 0 aliphatic carbocycles. The van der Waals surface area contributed by atoms with Crippen LogP contribution in [0.4, 0.5) is 0 Å². The quantitative estimate of drug-likeness (QED) is 0.812. The number of aryl methyl sites for hydroxylation is 1. The smallest absolute Gasteiger partial charge is 0.138 e. The van der Waals surface area contributed by atoms with Crippen LogP contribution >= 0.6 is 27.3 Å². The molecule has 2 aromatic heterocycles. The van der Waals surface area contributed by atoms with Crippen LogP contribution in [0, 0.1) is 6.92 Å². The summed E-state index contributed by atoms with van der Waals surface area (Å²) in [7, 11) is 0. The second-order valence-corrected chi connectivity index (χ2v) is 4.89. The average Bonchev–Trinajstić information content (AvgIpc) is 2.73. The molecule has 0 radical (unpaired) electrons. The van der Waals surface area contributed by atoms with Gasteiger partial charge in [0.25, 0.3) is 0 Å². The van der Waals surface area contributed by atoms with Gasteiger partial charge in [-0.2, -0.15) is 0 Å². The lowest BCUT2D eigenvalue weighted by atomic mass is 10.4. The molecule has 5 heteroatoms. The molecule has 0 aliphatic rings. The van der Waals surface area contributed by atoms with Gasteiger partial charge in [0.2, 0.25) is 0 Å². The number of halogens is 1. The summed E-state index contributed by atoms with van der Waals surface area (Å²) in [5.74, 6) is 0.773. The minimum Gasteiger partial charge on any atom is -0.486 e. The third kappa shape index (κ3) is 3.02. The molecule has 0 unspecified atom stereocenters. The Bertz CT molecular complexity index is 455. The van der Waals surface area contributed by atoms with Gasteiger partial charge in [-0.15, -0.1) is 11.3 Å². The zero-order valence-corrected chi connectivity index (χ0v) is 11.2. The molecule has 84 valence electrons. The Kier molecular flexibility index (Phi) is 3.90. The van der Waals surface area contributed by atoms with Crippen molar-refractivity contribution in [1.82, 2.24) is 9.97 Å². The topological polar surface area (TPSA) is 35.0 Å². The van der Waals surface area contributed by atoms with Crippen LogP contribution in [-0.2, 0) is 11.9 Å². The van der Waals surface area contributed by atoms with Crippen molar-refractivity contribution in [3.05, 3.63) is 40.1 Å². The van der Waals surface area contributed by atoms with Gasteiger partial charge < -0.3 is 4.74 Å². The van der Waals surface area contributed by atoms with Gasteiger partial charge in [0.1, 0.15) is 12.4 Å². The van der Waals surface area contributed by atoms with Crippen LogP contribution in [0.1, 0.15) is 16.4 Å². The molecule has 0 bridgehead atoms. The van der Waals surface area contributed by atoms with Crippen molar-refractivity contribution in [2.75, 3.05) is 0 Å². The Morgan fingerprint density at radius 1 is 1.38 bits per heavy atom. The molecule has 16 heavy (non-hydrogen) atoms. The molecule has 0 spiro atoms. The van der Waals surface area contributed by atoms with Crippen molar-refractivity contribution in [1.29, 1.82) is 0 Å². The number of alkyl halides is 1. The molecule has 2 heterocycles. The van der Waals surface area contributed by atoms with Crippen LogP contribution < -0.4 is 4.74 Å². The van der Waals surface area contributed by atoms with Crippen LogP contribution in [-0.4, -0.2) is 9.97 Å². The molecule has 0 aliphatic heterocycles. The second-order valence-electron chi connectivity index (χ2n) is 3.27. The van der Waals surface area contributed by atoms with Crippen LogP contribution in [0.3, 0.4) is 0 Å². The lowest BCUT2D eigenvalue weighted by Crippen LogP contribution is -1.96. The summed E-state index contributed by atoms with van der Waals surface area (Å²) in [5, 5.41) is 3.83. The largest absolute Gasteiger partial charge is 0.486 e. The molecule has 0 saturated carbocycles.